The van der Waals surface area contributed by atoms with Crippen LogP contribution in [0.1, 0.15) is 5.56 Å². The summed E-state index contributed by atoms with van der Waals surface area (Å²) < 4.78 is 19.7. The molecule has 88 heavy (non-hydrogen) atoms. The Bertz CT molecular complexity index is 5860. The van der Waals surface area contributed by atoms with Crippen LogP contribution in [-0.2, 0) is 0 Å². The third-order valence-electron chi connectivity index (χ3n) is 18.5. The standard InChI is InChI=1S/C80H45N7O/c1-82-50-45-48(47-81)44-49(46-50)73-75(83-62-32-12-2-22-51(62)52-23-3-13-33-63(52)83)77(85-66-36-16-6-26-55(66)56-27-7-17-37-67(56)85)79(87-70-40-20-10-31-61(70)74-71(87)43-42-60-59-30-11-21-41-72(59)88-80(60)74)78(86-68-38-18-8-28-57(68)58-29-9-19-39-69(58)86)76(73)84-64-34-14-4-24-53(64)54-25-5-15-35-65(54)84/h2-46H. The van der Waals surface area contributed by atoms with Crippen molar-refractivity contribution < 1.29 is 4.42 Å². The molecule has 6 heterocycles. The van der Waals surface area contributed by atoms with Crippen LogP contribution >= 0.6 is 0 Å². The van der Waals surface area contributed by atoms with Crippen LogP contribution in [0, 0.1) is 17.9 Å². The maximum atomic E-state index is 11.3. The Kier molecular flexibility index (Phi) is 9.87. The normalized spacial score (nSPS) is 12.1. The summed E-state index contributed by atoms with van der Waals surface area (Å²) in [6, 6.07) is 100. The minimum atomic E-state index is 0.355. The molecule has 0 spiro atoms. The number of aromatic nitrogens is 5. The summed E-state index contributed by atoms with van der Waals surface area (Å²) >= 11 is 0. The number of hydrogen-bond acceptors (Lipinski definition) is 2. The van der Waals surface area contributed by atoms with Gasteiger partial charge in [0.2, 0.25) is 0 Å². The molecular formula is C80H45N7O. The molecule has 8 nitrogen and oxygen atoms in total. The number of fused-ring (bicyclic) bond motifs is 19. The summed E-state index contributed by atoms with van der Waals surface area (Å²) in [5.41, 5.74) is 18.1. The van der Waals surface area contributed by atoms with Crippen molar-refractivity contribution in [3.05, 3.63) is 290 Å². The molecule has 19 rings (SSSR count). The van der Waals surface area contributed by atoms with Crippen molar-refractivity contribution in [2.75, 3.05) is 0 Å². The minimum Gasteiger partial charge on any atom is -0.455 e. The fraction of sp³-hybridized carbons (Fsp3) is 0. The summed E-state index contributed by atoms with van der Waals surface area (Å²) in [6.07, 6.45) is 0. The van der Waals surface area contributed by atoms with E-state index in [-0.39, 0.29) is 0 Å². The lowest BCUT2D eigenvalue weighted by Gasteiger charge is -2.32. The topological polar surface area (TPSA) is 65.9 Å². The van der Waals surface area contributed by atoms with Gasteiger partial charge in [0, 0.05) is 70.4 Å². The van der Waals surface area contributed by atoms with Gasteiger partial charge in [-0.2, -0.15) is 5.26 Å². The van der Waals surface area contributed by atoms with Crippen molar-refractivity contribution >= 4 is 137 Å². The SMILES string of the molecule is [C-]#[N+]c1cc(C#N)cc(-c2c(-n3c4ccccc4c4ccccc43)c(-n3c4ccccc4c4ccccc43)c(-n3c4ccccc4c4c5oc6ccccc6c5ccc43)c(-n3c4ccccc4c4ccccc43)c2-n2c3ccccc3c3ccccc32)c1. The molecule has 0 saturated carbocycles. The number of furan rings is 1. The number of nitrogens with zero attached hydrogens (tertiary/aromatic N) is 7. The number of benzene rings is 13. The van der Waals surface area contributed by atoms with Gasteiger partial charge in [0.25, 0.3) is 0 Å². The van der Waals surface area contributed by atoms with E-state index < -0.39 is 0 Å². The third-order valence-corrected chi connectivity index (χ3v) is 18.5. The van der Waals surface area contributed by atoms with Gasteiger partial charge in [-0.3, -0.25) is 0 Å². The van der Waals surface area contributed by atoms with Gasteiger partial charge in [-0.25, -0.2) is 4.85 Å². The van der Waals surface area contributed by atoms with Crippen molar-refractivity contribution in [1.82, 2.24) is 22.8 Å². The van der Waals surface area contributed by atoms with E-state index in [9.17, 15) is 5.26 Å². The van der Waals surface area contributed by atoms with Gasteiger partial charge in [0.1, 0.15) is 11.2 Å². The summed E-state index contributed by atoms with van der Waals surface area (Å²) in [7, 11) is 0. The first kappa shape index (κ1) is 48.1. The smallest absolute Gasteiger partial charge is 0.189 e. The molecule has 0 atom stereocenters. The van der Waals surface area contributed by atoms with Gasteiger partial charge in [-0.15, -0.1) is 0 Å². The van der Waals surface area contributed by atoms with Crippen LogP contribution in [0.3, 0.4) is 0 Å². The molecule has 8 heteroatoms. The Morgan fingerprint density at radius 3 is 1.01 bits per heavy atom. The zero-order valence-electron chi connectivity index (χ0n) is 47.0. The second kappa shape index (κ2) is 18.1. The molecule has 6 aromatic heterocycles. The fourth-order valence-corrected chi connectivity index (χ4v) is 15.0. The number of rotatable bonds is 6. The highest BCUT2D eigenvalue weighted by Gasteiger charge is 2.37. The van der Waals surface area contributed by atoms with Gasteiger partial charge in [-0.05, 0) is 96.6 Å². The Morgan fingerprint density at radius 1 is 0.307 bits per heavy atom. The molecule has 0 unspecified atom stereocenters. The van der Waals surface area contributed by atoms with E-state index in [1.54, 1.807) is 6.07 Å². The molecule has 0 bridgehead atoms. The molecule has 19 aromatic rings. The molecule has 406 valence electrons. The van der Waals surface area contributed by atoms with Crippen molar-refractivity contribution in [3.63, 3.8) is 0 Å². The summed E-state index contributed by atoms with van der Waals surface area (Å²) in [6.45, 7) is 8.83. The van der Waals surface area contributed by atoms with E-state index in [1.807, 2.05) is 18.2 Å². The third kappa shape index (κ3) is 6.39. The molecule has 0 aliphatic rings. The summed E-state index contributed by atoms with van der Waals surface area (Å²) in [5.74, 6) is 0. The van der Waals surface area contributed by atoms with Crippen LogP contribution in [0.4, 0.5) is 5.69 Å². The molecular weight excluding hydrogens is 1070 g/mol. The first-order valence-electron chi connectivity index (χ1n) is 29.6. The van der Waals surface area contributed by atoms with Gasteiger partial charge >= 0.3 is 0 Å². The highest BCUT2D eigenvalue weighted by molar-refractivity contribution is 6.25. The van der Waals surface area contributed by atoms with Crippen molar-refractivity contribution in [1.29, 1.82) is 5.26 Å². The van der Waals surface area contributed by atoms with Crippen LogP contribution in [-0.4, -0.2) is 22.8 Å². The lowest BCUT2D eigenvalue weighted by molar-refractivity contribution is 0.673. The van der Waals surface area contributed by atoms with Crippen LogP contribution in [0.25, 0.3) is 175 Å². The van der Waals surface area contributed by atoms with Gasteiger partial charge in [-0.1, -0.05) is 182 Å². The fourth-order valence-electron chi connectivity index (χ4n) is 15.0. The van der Waals surface area contributed by atoms with Crippen molar-refractivity contribution in [2.45, 2.75) is 0 Å². The monoisotopic (exact) mass is 1120 g/mol. The summed E-state index contributed by atoms with van der Waals surface area (Å²) in [4.78, 5) is 4.19. The molecule has 0 aliphatic carbocycles. The maximum absolute atomic E-state index is 11.3. The quantitative estimate of drug-likeness (QED) is 0.156. The molecule has 0 radical (unpaired) electrons. The van der Waals surface area contributed by atoms with Gasteiger partial charge < -0.3 is 27.3 Å². The van der Waals surface area contributed by atoms with Crippen LogP contribution in [0.2, 0.25) is 0 Å². The Hall–Kier alpha value is -12.4. The van der Waals surface area contributed by atoms with E-state index in [0.29, 0.717) is 16.8 Å². The van der Waals surface area contributed by atoms with E-state index in [2.05, 4.69) is 282 Å². The Morgan fingerprint density at radius 2 is 0.625 bits per heavy atom. The molecule has 13 aromatic carbocycles. The van der Waals surface area contributed by atoms with Crippen LogP contribution in [0.5, 0.6) is 0 Å². The largest absolute Gasteiger partial charge is 0.455 e. The summed E-state index contributed by atoms with van der Waals surface area (Å²) in [5, 5.41) is 24.1. The Labute approximate surface area is 502 Å². The minimum absolute atomic E-state index is 0.355. The second-order valence-corrected chi connectivity index (χ2v) is 22.9. The zero-order valence-corrected chi connectivity index (χ0v) is 47.0. The lowest BCUT2D eigenvalue weighted by Crippen LogP contribution is -2.18. The van der Waals surface area contributed by atoms with Crippen molar-refractivity contribution in [2.24, 2.45) is 0 Å². The zero-order chi connectivity index (χ0) is 57.9. The number of para-hydroxylation sites is 10. The van der Waals surface area contributed by atoms with Crippen molar-refractivity contribution in [3.8, 4) is 45.6 Å². The highest BCUT2D eigenvalue weighted by atomic mass is 16.3. The number of hydrogen-bond donors (Lipinski definition) is 0. The molecule has 0 saturated heterocycles. The highest BCUT2D eigenvalue weighted by Crippen LogP contribution is 2.55. The molecule has 0 amide bonds. The van der Waals surface area contributed by atoms with Crippen LogP contribution in [0.15, 0.2) is 277 Å². The van der Waals surface area contributed by atoms with Crippen LogP contribution < -0.4 is 0 Å². The average molecular weight is 1120 g/mol. The van der Waals surface area contributed by atoms with E-state index in [1.165, 1.54) is 0 Å². The molecule has 0 fully saturated rings. The van der Waals surface area contributed by atoms with Gasteiger partial charge in [0.15, 0.2) is 5.69 Å². The van der Waals surface area contributed by atoms with E-state index in [4.69, 9.17) is 11.0 Å². The van der Waals surface area contributed by atoms with E-state index in [0.717, 1.165) is 165 Å². The average Bonchev–Trinajstić information content (AvgIpc) is 4.13. The van der Waals surface area contributed by atoms with Gasteiger partial charge in [0.05, 0.1) is 102 Å². The Balaban J connectivity index is 1.22. The maximum Gasteiger partial charge on any atom is 0.189 e. The number of nitriles is 1. The predicted octanol–water partition coefficient (Wildman–Crippen LogP) is 21.2. The molecule has 0 aliphatic heterocycles. The molecule has 0 N–H and O–H groups in total. The first-order chi connectivity index (χ1) is 43.6. The predicted molar refractivity (Wildman–Crippen MR) is 362 cm³/mol. The lowest BCUT2D eigenvalue weighted by atomic mass is 9.93. The van der Waals surface area contributed by atoms with E-state index >= 15 is 0 Å². The first-order valence-corrected chi connectivity index (χ1v) is 29.6. The second-order valence-electron chi connectivity index (χ2n) is 22.9.